The van der Waals surface area contributed by atoms with E-state index in [2.05, 4.69) is 45.2 Å². The lowest BCUT2D eigenvalue weighted by molar-refractivity contribution is -0.124. The summed E-state index contributed by atoms with van der Waals surface area (Å²) in [5.74, 6) is 0.859. The molecular weight excluding hydrogens is 302 g/mol. The zero-order valence-electron chi connectivity index (χ0n) is 15.2. The molecule has 1 saturated carbocycles. The van der Waals surface area contributed by atoms with Gasteiger partial charge in [-0.2, -0.15) is 0 Å². The molecule has 0 radical (unpaired) electrons. The first kappa shape index (κ1) is 17.2. The number of amides is 1. The molecule has 0 spiro atoms. The average molecular weight is 336 g/mol. The Labute approximate surface area is 142 Å². The van der Waals surface area contributed by atoms with E-state index in [0.29, 0.717) is 18.1 Å². The van der Waals surface area contributed by atoms with E-state index in [-0.39, 0.29) is 17.2 Å². The fourth-order valence-electron chi connectivity index (χ4n) is 5.42. The Morgan fingerprint density at radius 3 is 2.61 bits per heavy atom. The standard InChI is InChI=1S/C19H33NO2Si/c1-5-23(6-2,7-3)22-16-12-8-11-15-18(21)20-17-13-9-10-14(16)19(15,17)4/h9-10,14-17H,5-8,11-13H2,1-4H3,(H,20,21)/t14-,15+,16-,17+,19+/m0/s1. The van der Waals surface area contributed by atoms with Crippen LogP contribution in [0.1, 0.15) is 53.4 Å². The second-order valence-electron chi connectivity index (χ2n) is 8.00. The molecule has 3 nitrogen and oxygen atoms in total. The Kier molecular flexibility index (Phi) is 4.76. The van der Waals surface area contributed by atoms with Gasteiger partial charge < -0.3 is 9.74 Å². The van der Waals surface area contributed by atoms with Crippen molar-refractivity contribution >= 4 is 14.2 Å². The Hall–Kier alpha value is -0.613. The van der Waals surface area contributed by atoms with Crippen LogP contribution in [0, 0.1) is 17.3 Å². The van der Waals surface area contributed by atoms with Crippen LogP contribution in [0.4, 0.5) is 0 Å². The molecule has 2 fully saturated rings. The monoisotopic (exact) mass is 335 g/mol. The van der Waals surface area contributed by atoms with Crippen molar-refractivity contribution in [1.82, 2.24) is 5.32 Å². The van der Waals surface area contributed by atoms with Gasteiger partial charge in [-0.05, 0) is 37.4 Å². The third-order valence-corrected chi connectivity index (χ3v) is 12.0. The van der Waals surface area contributed by atoms with Crippen LogP contribution in [0.2, 0.25) is 18.1 Å². The number of hydrogen-bond donors (Lipinski definition) is 1. The van der Waals surface area contributed by atoms with E-state index in [1.165, 1.54) is 18.1 Å². The van der Waals surface area contributed by atoms with Crippen LogP contribution in [0.15, 0.2) is 12.2 Å². The Morgan fingerprint density at radius 1 is 1.26 bits per heavy atom. The van der Waals surface area contributed by atoms with Crippen molar-refractivity contribution < 1.29 is 9.22 Å². The second kappa shape index (κ2) is 6.36. The van der Waals surface area contributed by atoms with Crippen LogP contribution in [-0.2, 0) is 9.22 Å². The normalized spacial score (nSPS) is 39.7. The van der Waals surface area contributed by atoms with Gasteiger partial charge >= 0.3 is 0 Å². The molecule has 0 aromatic rings. The number of rotatable bonds is 5. The molecule has 0 unspecified atom stereocenters. The van der Waals surface area contributed by atoms with Gasteiger partial charge in [0.1, 0.15) is 0 Å². The predicted molar refractivity (Wildman–Crippen MR) is 96.7 cm³/mol. The van der Waals surface area contributed by atoms with Gasteiger partial charge in [0.25, 0.3) is 0 Å². The predicted octanol–water partition coefficient (Wildman–Crippen LogP) is 4.26. The van der Waals surface area contributed by atoms with Gasteiger partial charge in [-0.15, -0.1) is 0 Å². The molecule has 130 valence electrons. The molecule has 5 atom stereocenters. The first-order valence-corrected chi connectivity index (χ1v) is 12.2. The van der Waals surface area contributed by atoms with Crippen molar-refractivity contribution in [3.05, 3.63) is 12.2 Å². The van der Waals surface area contributed by atoms with Crippen molar-refractivity contribution in [2.75, 3.05) is 0 Å². The summed E-state index contributed by atoms with van der Waals surface area (Å²) < 4.78 is 6.95. The minimum atomic E-state index is -1.62. The van der Waals surface area contributed by atoms with E-state index >= 15 is 0 Å². The molecule has 1 N–H and O–H groups in total. The van der Waals surface area contributed by atoms with E-state index < -0.39 is 8.32 Å². The van der Waals surface area contributed by atoms with Gasteiger partial charge in [-0.3, -0.25) is 4.79 Å². The van der Waals surface area contributed by atoms with Crippen LogP contribution in [0.5, 0.6) is 0 Å². The van der Waals surface area contributed by atoms with Gasteiger partial charge in [-0.1, -0.05) is 46.3 Å². The van der Waals surface area contributed by atoms with Gasteiger partial charge in [0.05, 0.1) is 6.10 Å². The highest BCUT2D eigenvalue weighted by Crippen LogP contribution is 2.54. The molecule has 2 aliphatic carbocycles. The molecule has 3 aliphatic rings. The zero-order valence-corrected chi connectivity index (χ0v) is 16.2. The van der Waals surface area contributed by atoms with Gasteiger partial charge in [0.2, 0.25) is 5.91 Å². The maximum absolute atomic E-state index is 12.5. The van der Waals surface area contributed by atoms with Crippen molar-refractivity contribution in [1.29, 1.82) is 0 Å². The topological polar surface area (TPSA) is 38.3 Å². The summed E-state index contributed by atoms with van der Waals surface area (Å²) in [6.07, 6.45) is 9.24. The van der Waals surface area contributed by atoms with Gasteiger partial charge in [0.15, 0.2) is 8.32 Å². The summed E-state index contributed by atoms with van der Waals surface area (Å²) >= 11 is 0. The quantitative estimate of drug-likeness (QED) is 0.602. The van der Waals surface area contributed by atoms with E-state index in [1.807, 2.05) is 0 Å². The lowest BCUT2D eigenvalue weighted by Crippen LogP contribution is -2.51. The highest BCUT2D eigenvalue weighted by atomic mass is 28.4. The van der Waals surface area contributed by atoms with Gasteiger partial charge in [-0.25, -0.2) is 0 Å². The van der Waals surface area contributed by atoms with Gasteiger partial charge in [0, 0.05) is 23.3 Å². The maximum atomic E-state index is 12.5. The molecular formula is C19H33NO2Si. The Bertz CT molecular complexity index is 479. The van der Waals surface area contributed by atoms with Crippen molar-refractivity contribution in [3.8, 4) is 0 Å². The summed E-state index contributed by atoms with van der Waals surface area (Å²) in [5.41, 5.74) is 0.0440. The fourth-order valence-corrected chi connectivity index (χ4v) is 8.33. The highest BCUT2D eigenvalue weighted by molar-refractivity contribution is 6.73. The molecule has 0 bridgehead atoms. The number of carbonyl (C=O) groups excluding carboxylic acids is 1. The molecule has 0 aromatic heterocycles. The van der Waals surface area contributed by atoms with E-state index in [4.69, 9.17) is 4.43 Å². The number of hydrogen-bond acceptors (Lipinski definition) is 2. The summed E-state index contributed by atoms with van der Waals surface area (Å²) in [6, 6.07) is 3.91. The van der Waals surface area contributed by atoms with Crippen molar-refractivity contribution in [2.24, 2.45) is 17.3 Å². The molecule has 23 heavy (non-hydrogen) atoms. The van der Waals surface area contributed by atoms with Crippen molar-refractivity contribution in [2.45, 2.75) is 83.7 Å². The summed E-state index contributed by atoms with van der Waals surface area (Å²) in [5, 5.41) is 3.29. The largest absolute Gasteiger partial charge is 0.413 e. The van der Waals surface area contributed by atoms with Crippen LogP contribution in [0.3, 0.4) is 0 Å². The van der Waals surface area contributed by atoms with Crippen LogP contribution >= 0.6 is 0 Å². The molecule has 4 heteroatoms. The number of carbonyl (C=O) groups is 1. The Balaban J connectivity index is 1.92. The van der Waals surface area contributed by atoms with Crippen molar-refractivity contribution in [3.63, 3.8) is 0 Å². The maximum Gasteiger partial charge on any atom is 0.224 e. The molecule has 1 amide bonds. The first-order valence-electron chi connectivity index (χ1n) is 9.65. The average Bonchev–Trinajstić information content (AvgIpc) is 2.72. The lowest BCUT2D eigenvalue weighted by Gasteiger charge is -2.46. The van der Waals surface area contributed by atoms with Crippen LogP contribution in [-0.4, -0.2) is 26.4 Å². The lowest BCUT2D eigenvalue weighted by atomic mass is 9.61. The summed E-state index contributed by atoms with van der Waals surface area (Å²) in [4.78, 5) is 12.5. The SMILES string of the molecule is CC[Si](CC)(CC)O[C@H]1CCC[C@@H]2C(=O)N[C@@H]3CC=C[C@@H]1[C@]23C. The zero-order chi connectivity index (χ0) is 16.7. The minimum absolute atomic E-state index is 0.0440. The summed E-state index contributed by atoms with van der Waals surface area (Å²) in [6.45, 7) is 9.27. The minimum Gasteiger partial charge on any atom is -0.413 e. The Morgan fingerprint density at radius 2 is 1.96 bits per heavy atom. The smallest absolute Gasteiger partial charge is 0.224 e. The molecule has 1 saturated heterocycles. The molecule has 1 aliphatic heterocycles. The molecule has 3 rings (SSSR count). The second-order valence-corrected chi connectivity index (χ2v) is 12.7. The highest BCUT2D eigenvalue weighted by Gasteiger charge is 2.58. The molecule has 0 aromatic carbocycles. The third-order valence-electron chi connectivity index (χ3n) is 7.28. The van der Waals surface area contributed by atoms with E-state index in [9.17, 15) is 4.79 Å². The van der Waals surface area contributed by atoms with E-state index in [0.717, 1.165) is 25.7 Å². The number of nitrogens with one attached hydrogen (secondary N) is 1. The van der Waals surface area contributed by atoms with Crippen LogP contribution < -0.4 is 5.32 Å². The van der Waals surface area contributed by atoms with Crippen LogP contribution in [0.25, 0.3) is 0 Å². The third kappa shape index (κ3) is 2.62. The van der Waals surface area contributed by atoms with E-state index in [1.54, 1.807) is 0 Å². The summed E-state index contributed by atoms with van der Waals surface area (Å²) in [7, 11) is -1.62. The molecule has 1 heterocycles. The first-order chi connectivity index (χ1) is 11.0. The fraction of sp³-hybridized carbons (Fsp3) is 0.842.